The Kier molecular flexibility index (Phi) is 7.01. The van der Waals surface area contributed by atoms with E-state index in [-0.39, 0.29) is 0 Å². The van der Waals surface area contributed by atoms with Crippen molar-refractivity contribution in [3.63, 3.8) is 0 Å². The summed E-state index contributed by atoms with van der Waals surface area (Å²) in [6.07, 6.45) is 6.09. The van der Waals surface area contributed by atoms with Gasteiger partial charge in [0.15, 0.2) is 0 Å². The van der Waals surface area contributed by atoms with E-state index >= 15 is 0 Å². The molecule has 0 aliphatic rings. The lowest BCUT2D eigenvalue weighted by molar-refractivity contribution is 0.248. The van der Waals surface area contributed by atoms with Gasteiger partial charge in [0.2, 0.25) is 0 Å². The SMILES string of the molecule is CCCCCCC(CNC(N)=O)c1cccc(C)c1. The maximum Gasteiger partial charge on any atom is 0.312 e. The van der Waals surface area contributed by atoms with Crippen LogP contribution in [0.4, 0.5) is 4.79 Å². The first kappa shape index (κ1) is 15.5. The van der Waals surface area contributed by atoms with Gasteiger partial charge in [-0.2, -0.15) is 0 Å². The Labute approximate surface area is 116 Å². The summed E-state index contributed by atoms with van der Waals surface area (Å²) in [6.45, 7) is 4.94. The number of rotatable bonds is 8. The molecule has 2 amide bonds. The smallest absolute Gasteiger partial charge is 0.312 e. The molecule has 106 valence electrons. The van der Waals surface area contributed by atoms with Gasteiger partial charge in [0.05, 0.1) is 0 Å². The van der Waals surface area contributed by atoms with Crippen LogP contribution in [0.2, 0.25) is 0 Å². The second-order valence-corrected chi connectivity index (χ2v) is 5.21. The lowest BCUT2D eigenvalue weighted by Crippen LogP contribution is -2.33. The van der Waals surface area contributed by atoms with Gasteiger partial charge in [0.25, 0.3) is 0 Å². The number of nitrogens with two attached hydrogens (primary N) is 1. The monoisotopic (exact) mass is 262 g/mol. The number of primary amides is 1. The zero-order valence-corrected chi connectivity index (χ0v) is 12.1. The van der Waals surface area contributed by atoms with E-state index in [0.29, 0.717) is 12.5 Å². The molecule has 0 saturated carbocycles. The summed E-state index contributed by atoms with van der Waals surface area (Å²) in [5.41, 5.74) is 7.73. The highest BCUT2D eigenvalue weighted by Crippen LogP contribution is 2.23. The molecule has 0 aliphatic carbocycles. The van der Waals surface area contributed by atoms with Crippen LogP contribution in [-0.4, -0.2) is 12.6 Å². The first-order valence-corrected chi connectivity index (χ1v) is 7.23. The van der Waals surface area contributed by atoms with Crippen LogP contribution < -0.4 is 11.1 Å². The molecular weight excluding hydrogens is 236 g/mol. The lowest BCUT2D eigenvalue weighted by atomic mass is 9.92. The molecule has 3 heteroatoms. The molecule has 1 atom stereocenters. The van der Waals surface area contributed by atoms with Crippen molar-refractivity contribution in [3.8, 4) is 0 Å². The summed E-state index contributed by atoms with van der Waals surface area (Å²) >= 11 is 0. The van der Waals surface area contributed by atoms with E-state index in [1.807, 2.05) is 0 Å². The average Bonchev–Trinajstić information content (AvgIpc) is 2.37. The first-order chi connectivity index (χ1) is 9.13. The third-order valence-corrected chi connectivity index (χ3v) is 3.44. The number of nitrogens with one attached hydrogen (secondary N) is 1. The largest absolute Gasteiger partial charge is 0.352 e. The Balaban J connectivity index is 2.60. The highest BCUT2D eigenvalue weighted by molar-refractivity contribution is 5.71. The third-order valence-electron chi connectivity index (χ3n) is 3.44. The number of unbranched alkanes of at least 4 members (excludes halogenated alkanes) is 3. The van der Waals surface area contributed by atoms with Crippen molar-refractivity contribution >= 4 is 6.03 Å². The molecule has 3 nitrogen and oxygen atoms in total. The topological polar surface area (TPSA) is 55.1 Å². The van der Waals surface area contributed by atoms with Crippen molar-refractivity contribution in [3.05, 3.63) is 35.4 Å². The first-order valence-electron chi connectivity index (χ1n) is 7.23. The zero-order valence-electron chi connectivity index (χ0n) is 12.1. The van der Waals surface area contributed by atoms with Gasteiger partial charge in [0.1, 0.15) is 0 Å². The quantitative estimate of drug-likeness (QED) is 0.689. The van der Waals surface area contributed by atoms with Crippen LogP contribution in [0.25, 0.3) is 0 Å². The molecule has 0 saturated heterocycles. The summed E-state index contributed by atoms with van der Waals surface area (Å²) in [5.74, 6) is 0.365. The standard InChI is InChI=1S/C16H26N2O/c1-3-4-5-6-9-15(12-18-16(17)19)14-10-7-8-13(2)11-14/h7-8,10-11,15H,3-6,9,12H2,1-2H3,(H3,17,18,19). The Morgan fingerprint density at radius 1 is 1.32 bits per heavy atom. The predicted octanol–water partition coefficient (Wildman–Crippen LogP) is 3.72. The number of carbonyl (C=O) groups is 1. The number of carbonyl (C=O) groups excluding carboxylic acids is 1. The maximum absolute atomic E-state index is 10.9. The van der Waals surface area contributed by atoms with Gasteiger partial charge >= 0.3 is 6.03 Å². The molecule has 0 spiro atoms. The van der Waals surface area contributed by atoms with E-state index in [2.05, 4.69) is 43.4 Å². The van der Waals surface area contributed by atoms with Crippen molar-refractivity contribution in [1.82, 2.24) is 5.32 Å². The van der Waals surface area contributed by atoms with Gasteiger partial charge in [-0.15, -0.1) is 0 Å². The van der Waals surface area contributed by atoms with E-state index in [1.165, 1.54) is 36.8 Å². The molecule has 1 aromatic carbocycles. The molecule has 0 fully saturated rings. The normalized spacial score (nSPS) is 12.1. The number of hydrogen-bond donors (Lipinski definition) is 2. The Hall–Kier alpha value is -1.51. The average molecular weight is 262 g/mol. The van der Waals surface area contributed by atoms with Crippen LogP contribution >= 0.6 is 0 Å². The molecule has 0 aromatic heterocycles. The van der Waals surface area contributed by atoms with Crippen LogP contribution in [0.1, 0.15) is 56.1 Å². The minimum atomic E-state index is -0.439. The molecule has 0 radical (unpaired) electrons. The van der Waals surface area contributed by atoms with Crippen molar-refractivity contribution < 1.29 is 4.79 Å². The minimum absolute atomic E-state index is 0.365. The molecule has 3 N–H and O–H groups in total. The van der Waals surface area contributed by atoms with Crippen LogP contribution in [0.3, 0.4) is 0 Å². The minimum Gasteiger partial charge on any atom is -0.352 e. The molecule has 1 unspecified atom stereocenters. The number of urea groups is 1. The molecule has 0 bridgehead atoms. The van der Waals surface area contributed by atoms with Crippen LogP contribution in [0.15, 0.2) is 24.3 Å². The molecule has 0 aliphatic heterocycles. The maximum atomic E-state index is 10.9. The summed E-state index contributed by atoms with van der Waals surface area (Å²) in [5, 5.41) is 2.74. The van der Waals surface area contributed by atoms with Gasteiger partial charge in [0, 0.05) is 12.5 Å². The van der Waals surface area contributed by atoms with Gasteiger partial charge in [-0.05, 0) is 18.9 Å². The Bertz CT molecular complexity index is 390. The van der Waals surface area contributed by atoms with Crippen LogP contribution in [0.5, 0.6) is 0 Å². The number of hydrogen-bond acceptors (Lipinski definition) is 1. The van der Waals surface area contributed by atoms with Gasteiger partial charge in [-0.3, -0.25) is 0 Å². The Morgan fingerprint density at radius 2 is 2.11 bits per heavy atom. The molecule has 19 heavy (non-hydrogen) atoms. The second-order valence-electron chi connectivity index (χ2n) is 5.21. The molecular formula is C16H26N2O. The van der Waals surface area contributed by atoms with Crippen LogP contribution in [0, 0.1) is 6.92 Å². The van der Waals surface area contributed by atoms with Crippen molar-refractivity contribution in [1.29, 1.82) is 0 Å². The van der Waals surface area contributed by atoms with Gasteiger partial charge in [-0.1, -0.05) is 62.4 Å². The van der Waals surface area contributed by atoms with Crippen LogP contribution in [-0.2, 0) is 0 Å². The number of amides is 2. The summed E-state index contributed by atoms with van der Waals surface area (Å²) in [7, 11) is 0. The lowest BCUT2D eigenvalue weighted by Gasteiger charge is -2.18. The zero-order chi connectivity index (χ0) is 14.1. The van der Waals surface area contributed by atoms with E-state index in [4.69, 9.17) is 5.73 Å². The molecule has 1 rings (SSSR count). The van der Waals surface area contributed by atoms with E-state index in [9.17, 15) is 4.79 Å². The highest BCUT2D eigenvalue weighted by atomic mass is 16.2. The fourth-order valence-electron chi connectivity index (χ4n) is 2.35. The number of benzene rings is 1. The molecule has 0 heterocycles. The van der Waals surface area contributed by atoms with E-state index in [0.717, 1.165) is 6.42 Å². The molecule has 1 aromatic rings. The summed E-state index contributed by atoms with van der Waals surface area (Å²) < 4.78 is 0. The van der Waals surface area contributed by atoms with E-state index in [1.54, 1.807) is 0 Å². The second kappa shape index (κ2) is 8.57. The predicted molar refractivity (Wildman–Crippen MR) is 80.3 cm³/mol. The van der Waals surface area contributed by atoms with E-state index < -0.39 is 6.03 Å². The fraction of sp³-hybridized carbons (Fsp3) is 0.562. The summed E-state index contributed by atoms with van der Waals surface area (Å²) in [4.78, 5) is 10.9. The summed E-state index contributed by atoms with van der Waals surface area (Å²) in [6, 6.07) is 8.08. The highest BCUT2D eigenvalue weighted by Gasteiger charge is 2.12. The van der Waals surface area contributed by atoms with Crippen molar-refractivity contribution in [2.45, 2.75) is 51.9 Å². The number of aryl methyl sites for hydroxylation is 1. The fourth-order valence-corrected chi connectivity index (χ4v) is 2.35. The van der Waals surface area contributed by atoms with Crippen molar-refractivity contribution in [2.24, 2.45) is 5.73 Å². The van der Waals surface area contributed by atoms with Gasteiger partial charge < -0.3 is 11.1 Å². The Morgan fingerprint density at radius 3 is 2.74 bits per heavy atom. The van der Waals surface area contributed by atoms with Crippen molar-refractivity contribution in [2.75, 3.05) is 6.54 Å². The van der Waals surface area contributed by atoms with Gasteiger partial charge in [-0.25, -0.2) is 4.79 Å². The third kappa shape index (κ3) is 6.27.